The summed E-state index contributed by atoms with van der Waals surface area (Å²) in [6, 6.07) is 8.19. The van der Waals surface area contributed by atoms with Crippen LogP contribution in [0.3, 0.4) is 0 Å². The fourth-order valence-corrected chi connectivity index (χ4v) is 3.31. The second-order valence-corrected chi connectivity index (χ2v) is 6.66. The van der Waals surface area contributed by atoms with E-state index in [1.54, 1.807) is 0 Å². The molecule has 0 radical (unpaired) electrons. The maximum atomic E-state index is 12.1. The summed E-state index contributed by atoms with van der Waals surface area (Å²) < 4.78 is 0. The van der Waals surface area contributed by atoms with E-state index < -0.39 is 0 Å². The minimum atomic E-state index is 0.00834. The average molecular weight is 315 g/mol. The molecule has 2 aromatic heterocycles. The van der Waals surface area contributed by atoms with Crippen molar-refractivity contribution in [3.63, 3.8) is 0 Å². The Hall–Kier alpha value is -2.05. The molecule has 0 unspecified atom stereocenters. The van der Waals surface area contributed by atoms with Crippen LogP contribution in [0.1, 0.15) is 20.2 Å². The minimum Gasteiger partial charge on any atom is -0.375 e. The summed E-state index contributed by atoms with van der Waals surface area (Å²) >= 11 is 2.71. The third kappa shape index (κ3) is 3.17. The molecule has 0 saturated heterocycles. The van der Waals surface area contributed by atoms with Crippen molar-refractivity contribution in [1.29, 1.82) is 0 Å². The third-order valence-corrected chi connectivity index (χ3v) is 4.73. The van der Waals surface area contributed by atoms with Crippen LogP contribution in [0, 0.1) is 6.92 Å². The maximum Gasteiger partial charge on any atom is 0.181 e. The molecule has 0 atom stereocenters. The molecule has 4 nitrogen and oxygen atoms in total. The van der Waals surface area contributed by atoms with Crippen molar-refractivity contribution < 1.29 is 4.79 Å². The first kappa shape index (κ1) is 13.9. The number of nitrogens with zero attached hydrogens (tertiary/aromatic N) is 2. The number of carbonyl (C=O) groups excluding carboxylic acids is 1. The van der Waals surface area contributed by atoms with Crippen molar-refractivity contribution >= 4 is 33.6 Å². The smallest absolute Gasteiger partial charge is 0.181 e. The Morgan fingerprint density at radius 2 is 2.05 bits per heavy atom. The molecule has 3 rings (SSSR count). The van der Waals surface area contributed by atoms with Crippen LogP contribution >= 0.6 is 22.7 Å². The van der Waals surface area contributed by atoms with Gasteiger partial charge in [0.2, 0.25) is 0 Å². The number of thiazole rings is 2. The van der Waals surface area contributed by atoms with E-state index in [9.17, 15) is 4.79 Å². The molecule has 2 N–H and O–H groups in total. The predicted molar refractivity (Wildman–Crippen MR) is 86.8 cm³/mol. The molecule has 21 heavy (non-hydrogen) atoms. The van der Waals surface area contributed by atoms with Gasteiger partial charge in [-0.3, -0.25) is 4.79 Å². The van der Waals surface area contributed by atoms with Crippen LogP contribution in [-0.4, -0.2) is 15.8 Å². The molecule has 0 aliphatic rings. The van der Waals surface area contributed by atoms with Gasteiger partial charge < -0.3 is 5.73 Å². The summed E-state index contributed by atoms with van der Waals surface area (Å²) in [4.78, 5) is 21.1. The number of rotatable bonds is 4. The van der Waals surface area contributed by atoms with Crippen molar-refractivity contribution in [2.45, 2.75) is 13.3 Å². The number of nitrogens with two attached hydrogens (primary N) is 1. The second kappa shape index (κ2) is 5.75. The summed E-state index contributed by atoms with van der Waals surface area (Å²) in [5.41, 5.74) is 8.74. The van der Waals surface area contributed by atoms with Gasteiger partial charge in [-0.2, -0.15) is 0 Å². The van der Waals surface area contributed by atoms with Crippen LogP contribution in [0.15, 0.2) is 35.8 Å². The van der Waals surface area contributed by atoms with Gasteiger partial charge >= 0.3 is 0 Å². The lowest BCUT2D eigenvalue weighted by Gasteiger charge is -1.97. The summed E-state index contributed by atoms with van der Waals surface area (Å²) in [6.07, 6.45) is 1.81. The molecular formula is C15H13N3OS2. The molecule has 0 aliphatic carbocycles. The highest BCUT2D eigenvalue weighted by Crippen LogP contribution is 2.24. The molecule has 6 heteroatoms. The van der Waals surface area contributed by atoms with Crippen molar-refractivity contribution in [3.05, 3.63) is 51.3 Å². The molecule has 1 aromatic carbocycles. The molecule has 0 bridgehead atoms. The quantitative estimate of drug-likeness (QED) is 0.747. The molecule has 3 aromatic rings. The first-order chi connectivity index (χ1) is 10.1. The molecule has 106 valence electrons. The fraction of sp³-hybridized carbons (Fsp3) is 0.133. The van der Waals surface area contributed by atoms with Crippen molar-refractivity contribution in [2.24, 2.45) is 0 Å². The van der Waals surface area contributed by atoms with Crippen molar-refractivity contribution in [2.75, 3.05) is 5.73 Å². The Kier molecular flexibility index (Phi) is 3.81. The van der Waals surface area contributed by atoms with Gasteiger partial charge in [-0.1, -0.05) is 41.2 Å². The van der Waals surface area contributed by atoms with Gasteiger partial charge in [0.05, 0.1) is 23.2 Å². The van der Waals surface area contributed by atoms with Gasteiger partial charge in [-0.05, 0) is 6.92 Å². The van der Waals surface area contributed by atoms with E-state index in [1.165, 1.54) is 34.4 Å². The van der Waals surface area contributed by atoms with Crippen LogP contribution in [-0.2, 0) is 6.42 Å². The number of hydrogen-bond donors (Lipinski definition) is 1. The monoisotopic (exact) mass is 315 g/mol. The number of ketones is 1. The first-order valence-electron chi connectivity index (χ1n) is 6.38. The Bertz CT molecular complexity index is 774. The van der Waals surface area contributed by atoms with Crippen LogP contribution in [0.25, 0.3) is 11.3 Å². The lowest BCUT2D eigenvalue weighted by atomic mass is 10.1. The molecular weight excluding hydrogens is 302 g/mol. The molecule has 0 amide bonds. The lowest BCUT2D eigenvalue weighted by Crippen LogP contribution is -2.00. The third-order valence-electron chi connectivity index (χ3n) is 3.01. The number of aromatic nitrogens is 2. The number of benzene rings is 1. The number of Topliss-reactive ketones (excluding diaryl/α,β-unsaturated/α-hetero) is 1. The van der Waals surface area contributed by atoms with E-state index in [0.29, 0.717) is 10.0 Å². The Balaban J connectivity index is 1.76. The lowest BCUT2D eigenvalue weighted by molar-refractivity contribution is 0.0996. The highest BCUT2D eigenvalue weighted by atomic mass is 32.1. The zero-order valence-corrected chi connectivity index (χ0v) is 13.0. The number of anilines is 1. The Morgan fingerprint density at radius 3 is 2.71 bits per heavy atom. The maximum absolute atomic E-state index is 12.1. The van der Waals surface area contributed by atoms with Gasteiger partial charge in [0.1, 0.15) is 5.01 Å². The zero-order chi connectivity index (χ0) is 14.8. The SMILES string of the molecule is Cc1ccc(-c2csc(CC(=O)c3cnc(N)s3)n2)cc1. The fourth-order valence-electron chi connectivity index (χ4n) is 1.89. The Morgan fingerprint density at radius 1 is 1.29 bits per heavy atom. The van der Waals surface area contributed by atoms with Gasteiger partial charge in [-0.15, -0.1) is 11.3 Å². The summed E-state index contributed by atoms with van der Waals surface area (Å²) in [5, 5.41) is 3.20. The second-order valence-electron chi connectivity index (χ2n) is 4.66. The number of nitrogen functional groups attached to an aromatic ring is 1. The van der Waals surface area contributed by atoms with E-state index in [4.69, 9.17) is 5.73 Å². The zero-order valence-electron chi connectivity index (χ0n) is 11.4. The van der Waals surface area contributed by atoms with E-state index in [1.807, 2.05) is 17.5 Å². The van der Waals surface area contributed by atoms with Crippen LogP contribution in [0.2, 0.25) is 0 Å². The predicted octanol–water partition coefficient (Wildman–Crippen LogP) is 3.58. The summed E-state index contributed by atoms with van der Waals surface area (Å²) in [6.45, 7) is 2.05. The van der Waals surface area contributed by atoms with Crippen LogP contribution in [0.4, 0.5) is 5.13 Å². The van der Waals surface area contributed by atoms with Crippen molar-refractivity contribution in [1.82, 2.24) is 9.97 Å². The number of carbonyl (C=O) groups is 1. The van der Waals surface area contributed by atoms with Crippen molar-refractivity contribution in [3.8, 4) is 11.3 Å². The molecule has 0 spiro atoms. The highest BCUT2D eigenvalue weighted by Gasteiger charge is 2.13. The molecule has 0 aliphatic heterocycles. The van der Waals surface area contributed by atoms with E-state index in [2.05, 4.69) is 29.0 Å². The summed E-state index contributed by atoms with van der Waals surface area (Å²) in [7, 11) is 0. The van der Waals surface area contributed by atoms with Crippen LogP contribution < -0.4 is 5.73 Å². The minimum absolute atomic E-state index is 0.00834. The molecule has 0 saturated carbocycles. The molecule has 0 fully saturated rings. The van der Waals surface area contributed by atoms with E-state index in [-0.39, 0.29) is 12.2 Å². The normalized spacial score (nSPS) is 10.7. The molecule has 2 heterocycles. The average Bonchev–Trinajstić information content (AvgIpc) is 3.09. The van der Waals surface area contributed by atoms with Gasteiger partial charge in [0, 0.05) is 10.9 Å². The van der Waals surface area contributed by atoms with Gasteiger partial charge in [-0.25, -0.2) is 9.97 Å². The van der Waals surface area contributed by atoms with Gasteiger partial charge in [0.25, 0.3) is 0 Å². The topological polar surface area (TPSA) is 68.9 Å². The van der Waals surface area contributed by atoms with E-state index in [0.717, 1.165) is 16.3 Å². The Labute approximate surface area is 130 Å². The largest absolute Gasteiger partial charge is 0.375 e. The number of hydrogen-bond acceptors (Lipinski definition) is 6. The summed E-state index contributed by atoms with van der Waals surface area (Å²) in [5.74, 6) is 0.00834. The highest BCUT2D eigenvalue weighted by molar-refractivity contribution is 7.17. The van der Waals surface area contributed by atoms with Gasteiger partial charge in [0.15, 0.2) is 10.9 Å². The first-order valence-corrected chi connectivity index (χ1v) is 8.07. The standard InChI is InChI=1S/C15H13N3OS2/c1-9-2-4-10(5-3-9)11-8-20-14(18-11)6-12(19)13-7-17-15(16)21-13/h2-5,7-8H,6H2,1H3,(H2,16,17). The van der Waals surface area contributed by atoms with E-state index >= 15 is 0 Å². The van der Waals surface area contributed by atoms with Crippen LogP contribution in [0.5, 0.6) is 0 Å². The number of aryl methyl sites for hydroxylation is 1.